The van der Waals surface area contributed by atoms with Crippen molar-refractivity contribution in [3.8, 4) is 5.75 Å². The summed E-state index contributed by atoms with van der Waals surface area (Å²) in [5, 5.41) is 3.38. The molecule has 4 rings (SSSR count). The van der Waals surface area contributed by atoms with Gasteiger partial charge in [0.2, 0.25) is 5.91 Å². The highest BCUT2D eigenvalue weighted by Gasteiger charge is 2.43. The SMILES string of the molecule is CCOc1ccc(NC(=O)C[C@@H]2C(=O)N(Cc3ccccc3)C(=S)N2CCN2CCOCC2)cc1. The molecule has 0 saturated carbocycles. The Morgan fingerprint density at radius 1 is 1.09 bits per heavy atom. The predicted octanol–water partition coefficient (Wildman–Crippen LogP) is 2.74. The largest absolute Gasteiger partial charge is 0.494 e. The van der Waals surface area contributed by atoms with E-state index in [1.165, 1.54) is 0 Å². The first kappa shape index (κ1) is 25.1. The second-order valence-corrected chi connectivity index (χ2v) is 8.93. The van der Waals surface area contributed by atoms with Gasteiger partial charge in [-0.1, -0.05) is 30.3 Å². The first-order valence-electron chi connectivity index (χ1n) is 12.0. The molecule has 0 spiro atoms. The number of rotatable bonds is 10. The molecule has 8 nitrogen and oxygen atoms in total. The number of amides is 2. The minimum Gasteiger partial charge on any atom is -0.494 e. The molecule has 2 aromatic rings. The Labute approximate surface area is 211 Å². The average molecular weight is 497 g/mol. The van der Waals surface area contributed by atoms with Crippen molar-refractivity contribution in [1.29, 1.82) is 0 Å². The molecule has 9 heteroatoms. The molecule has 2 saturated heterocycles. The van der Waals surface area contributed by atoms with Crippen molar-refractivity contribution in [3.63, 3.8) is 0 Å². The Kier molecular flexibility index (Phi) is 8.68. The quantitative estimate of drug-likeness (QED) is 0.507. The number of nitrogens with one attached hydrogen (secondary N) is 1. The van der Waals surface area contributed by atoms with Crippen molar-refractivity contribution < 1.29 is 19.1 Å². The zero-order valence-corrected chi connectivity index (χ0v) is 20.8. The van der Waals surface area contributed by atoms with Crippen LogP contribution in [-0.4, -0.2) is 83.7 Å². The van der Waals surface area contributed by atoms with Crippen LogP contribution in [0, 0.1) is 0 Å². The van der Waals surface area contributed by atoms with E-state index in [1.54, 1.807) is 17.0 Å². The lowest BCUT2D eigenvalue weighted by Crippen LogP contribution is -2.45. The maximum Gasteiger partial charge on any atom is 0.252 e. The van der Waals surface area contributed by atoms with E-state index in [0.29, 0.717) is 43.7 Å². The molecule has 1 atom stereocenters. The smallest absolute Gasteiger partial charge is 0.252 e. The molecule has 2 amide bonds. The number of morpholine rings is 1. The lowest BCUT2D eigenvalue weighted by molar-refractivity contribution is -0.131. The van der Waals surface area contributed by atoms with E-state index in [2.05, 4.69) is 10.2 Å². The fourth-order valence-electron chi connectivity index (χ4n) is 4.32. The summed E-state index contributed by atoms with van der Waals surface area (Å²) in [6.45, 7) is 7.35. The van der Waals surface area contributed by atoms with Gasteiger partial charge < -0.3 is 19.7 Å². The second-order valence-electron chi connectivity index (χ2n) is 8.57. The van der Waals surface area contributed by atoms with Crippen molar-refractivity contribution in [1.82, 2.24) is 14.7 Å². The van der Waals surface area contributed by atoms with Gasteiger partial charge >= 0.3 is 0 Å². The molecule has 2 aromatic carbocycles. The third-order valence-electron chi connectivity index (χ3n) is 6.18. The van der Waals surface area contributed by atoms with Crippen LogP contribution in [0.5, 0.6) is 5.75 Å². The number of anilines is 1. The molecule has 2 aliphatic rings. The monoisotopic (exact) mass is 496 g/mol. The van der Waals surface area contributed by atoms with Crippen LogP contribution in [0.1, 0.15) is 18.9 Å². The van der Waals surface area contributed by atoms with Gasteiger partial charge in [0.25, 0.3) is 5.91 Å². The Morgan fingerprint density at radius 2 is 1.80 bits per heavy atom. The van der Waals surface area contributed by atoms with Crippen molar-refractivity contribution in [2.45, 2.75) is 25.9 Å². The maximum absolute atomic E-state index is 13.5. The zero-order valence-electron chi connectivity index (χ0n) is 20.0. The highest BCUT2D eigenvalue weighted by molar-refractivity contribution is 7.80. The Bertz CT molecular complexity index is 1010. The minimum absolute atomic E-state index is 0.0284. The number of hydrogen-bond donors (Lipinski definition) is 1. The average Bonchev–Trinajstić information content (AvgIpc) is 3.09. The molecule has 0 aliphatic carbocycles. The molecule has 2 heterocycles. The number of ether oxygens (including phenoxy) is 2. The topological polar surface area (TPSA) is 74.4 Å². The van der Waals surface area contributed by atoms with Crippen molar-refractivity contribution in [2.75, 3.05) is 51.3 Å². The zero-order chi connectivity index (χ0) is 24.6. The summed E-state index contributed by atoms with van der Waals surface area (Å²) in [5.41, 5.74) is 1.66. The number of hydrogen-bond acceptors (Lipinski definition) is 6. The van der Waals surface area contributed by atoms with Crippen molar-refractivity contribution in [2.24, 2.45) is 0 Å². The normalized spacial score (nSPS) is 18.7. The van der Waals surface area contributed by atoms with Crippen molar-refractivity contribution in [3.05, 3.63) is 60.2 Å². The molecule has 2 aliphatic heterocycles. The lowest BCUT2D eigenvalue weighted by Gasteiger charge is -2.30. The van der Waals surface area contributed by atoms with Gasteiger partial charge in [0.15, 0.2) is 5.11 Å². The predicted molar refractivity (Wildman–Crippen MR) is 138 cm³/mol. The summed E-state index contributed by atoms with van der Waals surface area (Å²) in [6.07, 6.45) is 0.0284. The number of carbonyl (C=O) groups is 2. The van der Waals surface area contributed by atoms with Gasteiger partial charge in [-0.15, -0.1) is 0 Å². The van der Waals surface area contributed by atoms with Gasteiger partial charge in [0.05, 0.1) is 32.8 Å². The maximum atomic E-state index is 13.5. The molecular weight excluding hydrogens is 464 g/mol. The second kappa shape index (κ2) is 12.1. The summed E-state index contributed by atoms with van der Waals surface area (Å²) in [7, 11) is 0. The van der Waals surface area contributed by atoms with Gasteiger partial charge in [-0.25, -0.2) is 0 Å². The third-order valence-corrected chi connectivity index (χ3v) is 6.63. The summed E-state index contributed by atoms with van der Waals surface area (Å²) >= 11 is 5.75. The van der Waals surface area contributed by atoms with Crippen LogP contribution in [0.25, 0.3) is 0 Å². The van der Waals surface area contributed by atoms with Crippen molar-refractivity contribution >= 4 is 34.8 Å². The third kappa shape index (κ3) is 6.56. The van der Waals surface area contributed by atoms with Gasteiger partial charge in [-0.3, -0.25) is 19.4 Å². The summed E-state index contributed by atoms with van der Waals surface area (Å²) in [6, 6.07) is 16.3. The van der Waals surface area contributed by atoms with Crippen LogP contribution in [0.15, 0.2) is 54.6 Å². The van der Waals surface area contributed by atoms with Crippen LogP contribution in [0.2, 0.25) is 0 Å². The first-order valence-corrected chi connectivity index (χ1v) is 12.4. The fourth-order valence-corrected chi connectivity index (χ4v) is 4.69. The van der Waals surface area contributed by atoms with Gasteiger partial charge in [0.1, 0.15) is 11.8 Å². The molecule has 0 unspecified atom stereocenters. The van der Waals surface area contributed by atoms with Crippen LogP contribution >= 0.6 is 12.2 Å². The van der Waals surface area contributed by atoms with Crippen LogP contribution in [0.4, 0.5) is 5.69 Å². The van der Waals surface area contributed by atoms with E-state index in [-0.39, 0.29) is 18.2 Å². The van der Waals surface area contributed by atoms with Crippen LogP contribution in [-0.2, 0) is 20.9 Å². The highest BCUT2D eigenvalue weighted by atomic mass is 32.1. The summed E-state index contributed by atoms with van der Waals surface area (Å²) in [5.74, 6) is 0.378. The molecule has 0 radical (unpaired) electrons. The Balaban J connectivity index is 1.44. The van der Waals surface area contributed by atoms with Gasteiger partial charge in [-0.2, -0.15) is 0 Å². The summed E-state index contributed by atoms with van der Waals surface area (Å²) in [4.78, 5) is 32.2. The lowest BCUT2D eigenvalue weighted by atomic mass is 10.1. The van der Waals surface area contributed by atoms with E-state index in [9.17, 15) is 9.59 Å². The Morgan fingerprint density at radius 3 is 2.49 bits per heavy atom. The highest BCUT2D eigenvalue weighted by Crippen LogP contribution is 2.24. The van der Waals surface area contributed by atoms with E-state index >= 15 is 0 Å². The van der Waals surface area contributed by atoms with E-state index in [1.807, 2.05) is 54.3 Å². The minimum atomic E-state index is -0.630. The van der Waals surface area contributed by atoms with Crippen LogP contribution < -0.4 is 10.1 Å². The van der Waals surface area contributed by atoms with E-state index < -0.39 is 6.04 Å². The van der Waals surface area contributed by atoms with Gasteiger partial charge in [0, 0.05) is 31.9 Å². The number of nitrogens with zero attached hydrogens (tertiary/aromatic N) is 3. The standard InChI is InChI=1S/C26H32N4O4S/c1-2-34-22-10-8-21(9-11-22)27-24(31)18-23-25(32)30(19-20-6-4-3-5-7-20)26(35)29(23)13-12-28-14-16-33-17-15-28/h3-11,23H,2,12-19H2,1H3,(H,27,31)/t23-/m1/s1. The van der Waals surface area contributed by atoms with E-state index in [4.69, 9.17) is 21.7 Å². The fraction of sp³-hybridized carbons (Fsp3) is 0.423. The molecule has 35 heavy (non-hydrogen) atoms. The molecule has 0 aromatic heterocycles. The molecular formula is C26H32N4O4S. The van der Waals surface area contributed by atoms with Gasteiger partial charge in [-0.05, 0) is 49.0 Å². The summed E-state index contributed by atoms with van der Waals surface area (Å²) < 4.78 is 10.9. The molecule has 2 fully saturated rings. The molecule has 186 valence electrons. The van der Waals surface area contributed by atoms with Crippen LogP contribution in [0.3, 0.4) is 0 Å². The molecule has 0 bridgehead atoms. The molecule has 1 N–H and O–H groups in total. The number of carbonyl (C=O) groups excluding carboxylic acids is 2. The first-order chi connectivity index (χ1) is 17.0. The number of thiocarbonyl (C=S) groups is 1. The Hall–Kier alpha value is -3.01. The van der Waals surface area contributed by atoms with E-state index in [0.717, 1.165) is 30.9 Å². The number of benzene rings is 2.